The lowest BCUT2D eigenvalue weighted by molar-refractivity contribution is -0.217. The Balaban J connectivity index is 0.000000134. The van der Waals surface area contributed by atoms with Crippen LogP contribution in [0.15, 0.2) is 34.9 Å². The van der Waals surface area contributed by atoms with E-state index in [-0.39, 0.29) is 78.2 Å². The lowest BCUT2D eigenvalue weighted by Gasteiger charge is -2.71. The highest BCUT2D eigenvalue weighted by molar-refractivity contribution is 5.96. The zero-order chi connectivity index (χ0) is 73.5. The lowest BCUT2D eigenvalue weighted by Crippen LogP contribution is -2.68. The smallest absolute Gasteiger partial charge is 0.312 e. The molecule has 0 amide bonds. The van der Waals surface area contributed by atoms with Crippen LogP contribution in [0.25, 0.3) is 0 Å². The molecule has 15 aliphatic rings. The molecule has 12 fully saturated rings. The van der Waals surface area contributed by atoms with Crippen LogP contribution in [0.3, 0.4) is 0 Å². The number of carboxylic acid groups (broad SMARTS) is 3. The molecule has 3 unspecified atom stereocenters. The van der Waals surface area contributed by atoms with Gasteiger partial charge < -0.3 is 30.6 Å². The van der Waals surface area contributed by atoms with Crippen molar-refractivity contribution < 1.29 is 49.8 Å². The highest BCUT2D eigenvalue weighted by Gasteiger charge is 2.75. The van der Waals surface area contributed by atoms with E-state index in [4.69, 9.17) is 0 Å². The molecule has 12 saturated carbocycles. The third kappa shape index (κ3) is 9.69. The summed E-state index contributed by atoms with van der Waals surface area (Å²) < 4.78 is 0. The van der Waals surface area contributed by atoms with Crippen LogP contribution in [0.5, 0.6) is 0 Å². The second-order valence-electron chi connectivity index (χ2n) is 43.9. The van der Waals surface area contributed by atoms with Gasteiger partial charge in [-0.05, 0) is 342 Å². The van der Waals surface area contributed by atoms with Gasteiger partial charge in [0.15, 0.2) is 5.78 Å². The molecule has 6 N–H and O–H groups in total. The molecule has 0 aliphatic heterocycles. The molecule has 0 heterocycles. The zero-order valence-electron chi connectivity index (χ0n) is 66.9. The Morgan fingerprint density at radius 2 is 0.720 bits per heavy atom. The van der Waals surface area contributed by atoms with E-state index in [2.05, 4.69) is 143 Å². The van der Waals surface area contributed by atoms with E-state index < -0.39 is 57.9 Å². The molecule has 0 aromatic heterocycles. The fraction of sp³-hybridized carbons (Fsp3) is 0.889. The molecule has 10 heteroatoms. The number of rotatable bonds is 3. The van der Waals surface area contributed by atoms with Gasteiger partial charge in [0.25, 0.3) is 0 Å². The van der Waals surface area contributed by atoms with Crippen LogP contribution in [0.4, 0.5) is 0 Å². The van der Waals surface area contributed by atoms with Crippen LogP contribution < -0.4 is 0 Å². The molecular formula is C90H142O10. The van der Waals surface area contributed by atoms with Crippen molar-refractivity contribution in [1.82, 2.24) is 0 Å². The minimum Gasteiger partial charge on any atom is -0.481 e. The Hall–Kier alpha value is -2.82. The molecule has 0 saturated heterocycles. The molecular weight excluding hydrogens is 1240 g/mol. The van der Waals surface area contributed by atoms with Crippen LogP contribution in [-0.2, 0) is 19.2 Å². The monoisotopic (exact) mass is 1380 g/mol. The number of allylic oxidation sites excluding steroid dienone is 6. The number of aliphatic hydroxyl groups is 3. The van der Waals surface area contributed by atoms with Crippen molar-refractivity contribution in [2.45, 2.75) is 337 Å². The minimum atomic E-state index is -1.20. The molecule has 100 heavy (non-hydrogen) atoms. The third-order valence-corrected chi connectivity index (χ3v) is 39.9. The maximum atomic E-state index is 14.2. The first-order valence-electron chi connectivity index (χ1n) is 41.5. The first-order valence-corrected chi connectivity index (χ1v) is 41.5. The molecule has 562 valence electrons. The second-order valence-corrected chi connectivity index (χ2v) is 43.9. The van der Waals surface area contributed by atoms with E-state index in [0.717, 1.165) is 88.9 Å². The van der Waals surface area contributed by atoms with Gasteiger partial charge in [-0.2, -0.15) is 0 Å². The van der Waals surface area contributed by atoms with Gasteiger partial charge in [0.05, 0.1) is 34.6 Å². The van der Waals surface area contributed by atoms with Gasteiger partial charge in [-0.15, -0.1) is 0 Å². The van der Waals surface area contributed by atoms with E-state index in [0.29, 0.717) is 76.9 Å². The normalized spacial score (nSPS) is 56.8. The van der Waals surface area contributed by atoms with Crippen molar-refractivity contribution in [2.24, 2.45) is 164 Å². The standard InChI is InChI=1S/C30H46O4.2C30H48O3/c1-17-8-11-26(3)14-15-28(5)19(23(26)18(17)2)16-20(31)24-27(4)12-10-22(32)30(7,25(33)34)21(27)9-13-29(24,28)6;1-18-10-13-26(3)16-17-28(5)20(24(26)19(18)2)8-9-21-27(4)14-12-23(31)30(7,25(32)33)22(27)11-15-29(21,28)6;1-25(2)14-15-26(3)16-17-28(5)19(20(26)18-25)8-9-21-27(4)12-11-23(31)30(7,24(32)33)22(27)10-13-29(21,28)6/h16-18,21-24,32H,8-15H2,1-7H3,(H,33,34);8,18-19,21-24,31H,9-17H2,1-7H3,(H,32,33);8,20-23,31H,9-18H2,1-7H3,(H,32,33)/t17-,18+,21?,22-,23?,24?,26-,27+,28-,29-,30-;18-,19+,21-,22-,23-,24+,26-,27-,28-,29-,30-;20-,21+,22+,23+,26+,27+,28+,29+,30+/m110/s1. The quantitative estimate of drug-likeness (QED) is 0.148. The first kappa shape index (κ1) is 75.4. The molecule has 31 atom stereocenters. The average molecular weight is 1380 g/mol. The number of fused-ring (bicyclic) bond motifs is 21. The Kier molecular flexibility index (Phi) is 17.8. The summed E-state index contributed by atoms with van der Waals surface area (Å²) in [4.78, 5) is 51.7. The Morgan fingerprint density at radius 1 is 0.370 bits per heavy atom. The van der Waals surface area contributed by atoms with Crippen LogP contribution in [-0.4, -0.2) is 72.6 Å². The summed E-state index contributed by atoms with van der Waals surface area (Å²) in [5.74, 6) is 3.05. The highest BCUT2D eigenvalue weighted by Crippen LogP contribution is 2.80. The molecule has 0 spiro atoms. The van der Waals surface area contributed by atoms with Gasteiger partial charge in [0.2, 0.25) is 0 Å². The Labute approximate surface area is 605 Å². The van der Waals surface area contributed by atoms with Crippen LogP contribution in [0.1, 0.15) is 319 Å². The average Bonchev–Trinajstić information content (AvgIpc) is 0.683. The van der Waals surface area contributed by atoms with Gasteiger partial charge >= 0.3 is 17.9 Å². The number of hydrogen-bond acceptors (Lipinski definition) is 7. The van der Waals surface area contributed by atoms with Crippen molar-refractivity contribution >= 4 is 23.7 Å². The molecule has 0 radical (unpaired) electrons. The fourth-order valence-electron chi connectivity index (χ4n) is 32.0. The number of ketones is 1. The van der Waals surface area contributed by atoms with Crippen molar-refractivity contribution in [3.63, 3.8) is 0 Å². The third-order valence-electron chi connectivity index (χ3n) is 39.9. The number of aliphatic carboxylic acids is 3. The topological polar surface area (TPSA) is 190 Å². The van der Waals surface area contributed by atoms with Gasteiger partial charge in [-0.25, -0.2) is 0 Å². The van der Waals surface area contributed by atoms with E-state index in [9.17, 15) is 49.8 Å². The first-order chi connectivity index (χ1) is 46.1. The van der Waals surface area contributed by atoms with E-state index in [1.54, 1.807) is 18.1 Å². The summed E-state index contributed by atoms with van der Waals surface area (Å²) in [5.41, 5.74) is 3.41. The fourth-order valence-corrected chi connectivity index (χ4v) is 32.0. The lowest BCUT2D eigenvalue weighted by atomic mass is 9.33. The van der Waals surface area contributed by atoms with Gasteiger partial charge in [0, 0.05) is 5.92 Å². The van der Waals surface area contributed by atoms with Crippen LogP contribution in [0, 0.1) is 164 Å². The number of hydrogen-bond donors (Lipinski definition) is 6. The second kappa shape index (κ2) is 23.6. The van der Waals surface area contributed by atoms with E-state index >= 15 is 0 Å². The number of carbonyl (C=O) groups is 4. The molecule has 15 aliphatic carbocycles. The molecule has 0 aromatic carbocycles. The summed E-state index contributed by atoms with van der Waals surface area (Å²) >= 11 is 0. The summed E-state index contributed by atoms with van der Waals surface area (Å²) in [6.45, 7) is 49.9. The molecule has 10 nitrogen and oxygen atoms in total. The van der Waals surface area contributed by atoms with E-state index in [1.807, 2.05) is 13.8 Å². The largest absolute Gasteiger partial charge is 0.481 e. The summed E-state index contributed by atoms with van der Waals surface area (Å²) in [5, 5.41) is 63.3. The SMILES string of the molecule is CC1(C)CC[C@]2(C)CC[C@]3(C)C(=CC[C@@H]4[C@@]5(C)CC[C@@H](O)[C@](C)(C(=O)O)[C@@H]5CC[C@]43C)[C@@H]2C1.C[C@@H]1CC[C@]2(C)CC[C@]3(C)C(=CC(=O)C4[C@@]5(C)CC[C@@H](O)[C@](C)(C(=O)O)C5CC[C@]43C)C2[C@H]1C.C[C@H]1[C@H](C)CC[C@]2(C)CC[C@]3(C)C(=CC[C@@H]4[C@@]5(C)CC[C@@H](O)[C@](C)(C(=O)O)[C@@H]5CC[C@]43C)[C@H]12. The summed E-state index contributed by atoms with van der Waals surface area (Å²) in [6, 6.07) is 0. The summed E-state index contributed by atoms with van der Waals surface area (Å²) in [6.07, 6.45) is 34.1. The molecule has 0 aromatic rings. The summed E-state index contributed by atoms with van der Waals surface area (Å²) in [7, 11) is 0. The maximum absolute atomic E-state index is 14.2. The van der Waals surface area contributed by atoms with Crippen LogP contribution in [0.2, 0.25) is 0 Å². The van der Waals surface area contributed by atoms with Crippen LogP contribution >= 0.6 is 0 Å². The number of carboxylic acids is 3. The predicted molar refractivity (Wildman–Crippen MR) is 398 cm³/mol. The van der Waals surface area contributed by atoms with Crippen molar-refractivity contribution in [2.75, 3.05) is 0 Å². The Bertz CT molecular complexity index is 3410. The minimum absolute atomic E-state index is 0.0308. The van der Waals surface area contributed by atoms with Crippen molar-refractivity contribution in [1.29, 1.82) is 0 Å². The van der Waals surface area contributed by atoms with Crippen molar-refractivity contribution in [3.8, 4) is 0 Å². The Morgan fingerprint density at radius 3 is 1.15 bits per heavy atom. The van der Waals surface area contributed by atoms with Gasteiger partial charge in [-0.1, -0.05) is 153 Å². The number of carbonyl (C=O) groups excluding carboxylic acids is 1. The van der Waals surface area contributed by atoms with E-state index in [1.165, 1.54) is 82.6 Å². The maximum Gasteiger partial charge on any atom is 0.312 e. The van der Waals surface area contributed by atoms with Gasteiger partial charge in [0.1, 0.15) is 0 Å². The predicted octanol–water partition coefficient (Wildman–Crippen LogP) is 20.6. The molecule has 15 rings (SSSR count). The number of aliphatic hydroxyl groups excluding tert-OH is 3. The zero-order valence-corrected chi connectivity index (χ0v) is 66.9. The molecule has 0 bridgehead atoms. The van der Waals surface area contributed by atoms with Gasteiger partial charge in [-0.3, -0.25) is 19.2 Å². The highest BCUT2D eigenvalue weighted by atomic mass is 16.4. The van der Waals surface area contributed by atoms with Crippen molar-refractivity contribution in [3.05, 3.63) is 34.9 Å².